The SMILES string of the molecule is CCCN1CCCn2nc(CNC(=O)C3(C)CCNCC3)cc2C1. The van der Waals surface area contributed by atoms with Crippen LogP contribution in [0, 0.1) is 5.41 Å². The van der Waals surface area contributed by atoms with Gasteiger partial charge in [0.2, 0.25) is 5.91 Å². The topological polar surface area (TPSA) is 62.2 Å². The summed E-state index contributed by atoms with van der Waals surface area (Å²) in [5, 5.41) is 11.1. The molecule has 1 aromatic heterocycles. The van der Waals surface area contributed by atoms with Gasteiger partial charge in [-0.15, -0.1) is 0 Å². The molecule has 1 fully saturated rings. The van der Waals surface area contributed by atoms with Gasteiger partial charge < -0.3 is 10.6 Å². The monoisotopic (exact) mass is 333 g/mol. The molecule has 0 aromatic carbocycles. The molecule has 0 spiro atoms. The number of carbonyl (C=O) groups is 1. The highest BCUT2D eigenvalue weighted by atomic mass is 16.2. The number of amides is 1. The molecule has 0 unspecified atom stereocenters. The number of aryl methyl sites for hydroxylation is 1. The number of nitrogens with zero attached hydrogens (tertiary/aromatic N) is 3. The molecule has 2 aliphatic heterocycles. The van der Waals surface area contributed by atoms with Crippen molar-refractivity contribution in [1.29, 1.82) is 0 Å². The number of aromatic nitrogens is 2. The van der Waals surface area contributed by atoms with E-state index in [-0.39, 0.29) is 11.3 Å². The van der Waals surface area contributed by atoms with Crippen molar-refractivity contribution in [3.05, 3.63) is 17.5 Å². The van der Waals surface area contributed by atoms with Gasteiger partial charge in [-0.05, 0) is 51.4 Å². The van der Waals surface area contributed by atoms with Crippen molar-refractivity contribution in [2.45, 2.75) is 59.2 Å². The van der Waals surface area contributed by atoms with Gasteiger partial charge in [0, 0.05) is 25.0 Å². The van der Waals surface area contributed by atoms with Gasteiger partial charge in [0.15, 0.2) is 0 Å². The zero-order valence-corrected chi connectivity index (χ0v) is 15.1. The van der Waals surface area contributed by atoms with Gasteiger partial charge >= 0.3 is 0 Å². The van der Waals surface area contributed by atoms with E-state index in [0.717, 1.165) is 64.2 Å². The van der Waals surface area contributed by atoms with E-state index in [2.05, 4.69) is 40.1 Å². The van der Waals surface area contributed by atoms with Crippen molar-refractivity contribution in [2.24, 2.45) is 5.41 Å². The van der Waals surface area contributed by atoms with E-state index >= 15 is 0 Å². The highest BCUT2D eigenvalue weighted by molar-refractivity contribution is 5.82. The van der Waals surface area contributed by atoms with Crippen LogP contribution in [0.1, 0.15) is 50.9 Å². The maximum atomic E-state index is 12.5. The van der Waals surface area contributed by atoms with E-state index in [9.17, 15) is 4.79 Å². The van der Waals surface area contributed by atoms with Gasteiger partial charge in [-0.3, -0.25) is 14.4 Å². The van der Waals surface area contributed by atoms with Crippen LogP contribution in [0.5, 0.6) is 0 Å². The molecule has 3 rings (SSSR count). The molecule has 0 bridgehead atoms. The lowest BCUT2D eigenvalue weighted by atomic mass is 9.80. The van der Waals surface area contributed by atoms with E-state index in [4.69, 9.17) is 5.10 Å². The molecule has 1 saturated heterocycles. The van der Waals surface area contributed by atoms with Gasteiger partial charge in [0.25, 0.3) is 0 Å². The lowest BCUT2D eigenvalue weighted by molar-refractivity contribution is -0.131. The molecule has 2 N–H and O–H groups in total. The van der Waals surface area contributed by atoms with Gasteiger partial charge in [0.1, 0.15) is 0 Å². The standard InChI is InChI=1S/C18H31N5O/c1-3-9-22-10-4-11-23-16(14-22)12-15(21-23)13-20-17(24)18(2)5-7-19-8-6-18/h12,19H,3-11,13-14H2,1-2H3,(H,20,24). The van der Waals surface area contributed by atoms with Crippen LogP contribution in [-0.4, -0.2) is 46.8 Å². The fourth-order valence-electron chi connectivity index (χ4n) is 3.77. The normalized spacial score (nSPS) is 21.1. The van der Waals surface area contributed by atoms with Crippen LogP contribution < -0.4 is 10.6 Å². The highest BCUT2D eigenvalue weighted by Crippen LogP contribution is 2.28. The summed E-state index contributed by atoms with van der Waals surface area (Å²) in [5.74, 6) is 0.166. The smallest absolute Gasteiger partial charge is 0.226 e. The lowest BCUT2D eigenvalue weighted by Gasteiger charge is -2.32. The molecule has 6 heteroatoms. The van der Waals surface area contributed by atoms with Crippen LogP contribution in [0.15, 0.2) is 6.07 Å². The third kappa shape index (κ3) is 3.98. The third-order valence-corrected chi connectivity index (χ3v) is 5.37. The molecular formula is C18H31N5O. The molecule has 3 heterocycles. The second kappa shape index (κ2) is 7.66. The van der Waals surface area contributed by atoms with Crippen LogP contribution in [0.2, 0.25) is 0 Å². The minimum atomic E-state index is -0.236. The molecule has 0 saturated carbocycles. The number of rotatable bonds is 5. The zero-order valence-electron chi connectivity index (χ0n) is 15.1. The summed E-state index contributed by atoms with van der Waals surface area (Å²) in [6.45, 7) is 10.9. The first-order valence-corrected chi connectivity index (χ1v) is 9.38. The molecule has 134 valence electrons. The summed E-state index contributed by atoms with van der Waals surface area (Å²) in [5.41, 5.74) is 2.02. The number of hydrogen-bond donors (Lipinski definition) is 2. The number of fused-ring (bicyclic) bond motifs is 1. The summed E-state index contributed by atoms with van der Waals surface area (Å²) in [6.07, 6.45) is 4.14. The summed E-state index contributed by atoms with van der Waals surface area (Å²) in [6, 6.07) is 2.17. The summed E-state index contributed by atoms with van der Waals surface area (Å²) < 4.78 is 2.13. The second-order valence-corrected chi connectivity index (χ2v) is 7.47. The Labute approximate surface area is 145 Å². The highest BCUT2D eigenvalue weighted by Gasteiger charge is 2.34. The Kier molecular flexibility index (Phi) is 5.56. The van der Waals surface area contributed by atoms with Crippen molar-refractivity contribution in [2.75, 3.05) is 26.2 Å². The molecule has 1 aromatic rings. The van der Waals surface area contributed by atoms with Gasteiger partial charge in [-0.2, -0.15) is 5.10 Å². The van der Waals surface area contributed by atoms with Crippen LogP contribution in [0.25, 0.3) is 0 Å². The van der Waals surface area contributed by atoms with Crippen molar-refractivity contribution < 1.29 is 4.79 Å². The molecule has 1 amide bonds. The molecule has 2 aliphatic rings. The molecule has 0 aliphatic carbocycles. The Balaban J connectivity index is 1.58. The Hall–Kier alpha value is -1.40. The third-order valence-electron chi connectivity index (χ3n) is 5.37. The molecule has 24 heavy (non-hydrogen) atoms. The average molecular weight is 333 g/mol. The lowest BCUT2D eigenvalue weighted by Crippen LogP contribution is -2.45. The Bertz CT molecular complexity index is 562. The Morgan fingerprint density at radius 1 is 1.38 bits per heavy atom. The van der Waals surface area contributed by atoms with E-state index in [0.29, 0.717) is 6.54 Å². The zero-order chi connectivity index (χ0) is 17.0. The summed E-state index contributed by atoms with van der Waals surface area (Å²) in [4.78, 5) is 15.0. The quantitative estimate of drug-likeness (QED) is 0.857. The molecular weight excluding hydrogens is 302 g/mol. The van der Waals surface area contributed by atoms with E-state index in [1.165, 1.54) is 12.1 Å². The number of nitrogens with one attached hydrogen (secondary N) is 2. The maximum absolute atomic E-state index is 12.5. The first-order valence-electron chi connectivity index (χ1n) is 9.38. The van der Waals surface area contributed by atoms with Gasteiger partial charge in [-0.1, -0.05) is 13.8 Å². The van der Waals surface area contributed by atoms with E-state index in [1.807, 2.05) is 0 Å². The first kappa shape index (κ1) is 17.4. The number of hydrogen-bond acceptors (Lipinski definition) is 4. The average Bonchev–Trinajstić information content (AvgIpc) is 2.85. The van der Waals surface area contributed by atoms with E-state index in [1.54, 1.807) is 0 Å². The summed E-state index contributed by atoms with van der Waals surface area (Å²) >= 11 is 0. The Morgan fingerprint density at radius 2 is 2.17 bits per heavy atom. The largest absolute Gasteiger partial charge is 0.350 e. The Morgan fingerprint density at radius 3 is 2.92 bits per heavy atom. The minimum Gasteiger partial charge on any atom is -0.350 e. The van der Waals surface area contributed by atoms with Crippen molar-refractivity contribution >= 4 is 5.91 Å². The molecule has 0 radical (unpaired) electrons. The predicted molar refractivity (Wildman–Crippen MR) is 94.5 cm³/mol. The van der Waals surface area contributed by atoms with Crippen LogP contribution in [0.3, 0.4) is 0 Å². The van der Waals surface area contributed by atoms with E-state index < -0.39 is 0 Å². The van der Waals surface area contributed by atoms with Gasteiger partial charge in [0.05, 0.1) is 17.9 Å². The van der Waals surface area contributed by atoms with Crippen molar-refractivity contribution in [3.63, 3.8) is 0 Å². The van der Waals surface area contributed by atoms with Gasteiger partial charge in [-0.25, -0.2) is 0 Å². The van der Waals surface area contributed by atoms with Crippen LogP contribution >= 0.6 is 0 Å². The second-order valence-electron chi connectivity index (χ2n) is 7.47. The van der Waals surface area contributed by atoms with Crippen LogP contribution in [-0.2, 0) is 24.4 Å². The first-order chi connectivity index (χ1) is 11.6. The minimum absolute atomic E-state index is 0.166. The molecule has 6 nitrogen and oxygen atoms in total. The molecule has 0 atom stereocenters. The fourth-order valence-corrected chi connectivity index (χ4v) is 3.77. The van der Waals surface area contributed by atoms with Crippen molar-refractivity contribution in [1.82, 2.24) is 25.3 Å². The summed E-state index contributed by atoms with van der Waals surface area (Å²) in [7, 11) is 0. The van der Waals surface area contributed by atoms with Crippen molar-refractivity contribution in [3.8, 4) is 0 Å². The predicted octanol–water partition coefficient (Wildman–Crippen LogP) is 1.50. The number of carbonyl (C=O) groups excluding carboxylic acids is 1. The fraction of sp³-hybridized carbons (Fsp3) is 0.778. The number of piperidine rings is 1. The van der Waals surface area contributed by atoms with Crippen LogP contribution in [0.4, 0.5) is 0 Å². The maximum Gasteiger partial charge on any atom is 0.226 e.